The van der Waals surface area contributed by atoms with Crippen molar-refractivity contribution in [2.45, 2.75) is 6.54 Å². The summed E-state index contributed by atoms with van der Waals surface area (Å²) in [4.78, 5) is 13.9. The molecule has 4 heteroatoms. The van der Waals surface area contributed by atoms with Crippen LogP contribution in [0.5, 0.6) is 0 Å². The summed E-state index contributed by atoms with van der Waals surface area (Å²) in [7, 11) is 0. The standard InChI is InChI=1S/C9H9N3O/c13-9-8(3-1-4-10-9)7-12-6-2-5-11-12/h1-6H,7H2,(H,10,13). The van der Waals surface area contributed by atoms with Gasteiger partial charge in [-0.1, -0.05) is 6.07 Å². The van der Waals surface area contributed by atoms with Crippen molar-refractivity contribution in [3.63, 3.8) is 0 Å². The first-order valence-corrected chi connectivity index (χ1v) is 4.00. The van der Waals surface area contributed by atoms with Crippen LogP contribution >= 0.6 is 0 Å². The van der Waals surface area contributed by atoms with E-state index >= 15 is 0 Å². The molecule has 0 saturated heterocycles. The van der Waals surface area contributed by atoms with Gasteiger partial charge in [0, 0.05) is 24.2 Å². The van der Waals surface area contributed by atoms with Gasteiger partial charge in [-0.15, -0.1) is 0 Å². The molecule has 1 N–H and O–H groups in total. The first-order chi connectivity index (χ1) is 6.36. The maximum absolute atomic E-state index is 11.2. The van der Waals surface area contributed by atoms with Crippen molar-refractivity contribution in [3.05, 3.63) is 52.7 Å². The van der Waals surface area contributed by atoms with Crippen molar-refractivity contribution in [1.82, 2.24) is 14.8 Å². The average Bonchev–Trinajstić information content (AvgIpc) is 2.61. The van der Waals surface area contributed by atoms with Gasteiger partial charge in [-0.2, -0.15) is 5.10 Å². The highest BCUT2D eigenvalue weighted by Gasteiger charge is 1.98. The van der Waals surface area contributed by atoms with Crippen LogP contribution in [0.3, 0.4) is 0 Å². The summed E-state index contributed by atoms with van der Waals surface area (Å²) in [6, 6.07) is 5.43. The third-order valence-corrected chi connectivity index (χ3v) is 1.79. The highest BCUT2D eigenvalue weighted by Crippen LogP contribution is 1.93. The Balaban J connectivity index is 2.29. The molecule has 0 amide bonds. The zero-order valence-corrected chi connectivity index (χ0v) is 6.97. The molecule has 0 aromatic carbocycles. The van der Waals surface area contributed by atoms with Gasteiger partial charge in [0.25, 0.3) is 5.56 Å². The first kappa shape index (κ1) is 7.79. The second kappa shape index (κ2) is 3.26. The van der Waals surface area contributed by atoms with E-state index in [9.17, 15) is 4.79 Å². The lowest BCUT2D eigenvalue weighted by atomic mass is 10.3. The second-order valence-electron chi connectivity index (χ2n) is 2.73. The van der Waals surface area contributed by atoms with Gasteiger partial charge in [0.05, 0.1) is 6.54 Å². The van der Waals surface area contributed by atoms with Gasteiger partial charge in [0.1, 0.15) is 0 Å². The Bertz CT molecular complexity index is 430. The van der Waals surface area contributed by atoms with Crippen LogP contribution in [0.4, 0.5) is 0 Å². The molecule has 2 rings (SSSR count). The summed E-state index contributed by atoms with van der Waals surface area (Å²) >= 11 is 0. The van der Waals surface area contributed by atoms with Gasteiger partial charge in [-0.3, -0.25) is 9.48 Å². The van der Waals surface area contributed by atoms with E-state index < -0.39 is 0 Å². The molecule has 2 heterocycles. The molecule has 4 nitrogen and oxygen atoms in total. The van der Waals surface area contributed by atoms with Crippen LogP contribution in [0.2, 0.25) is 0 Å². The van der Waals surface area contributed by atoms with Crippen LogP contribution in [0, 0.1) is 0 Å². The molecule has 0 spiro atoms. The Hall–Kier alpha value is -1.84. The van der Waals surface area contributed by atoms with Gasteiger partial charge in [0.2, 0.25) is 0 Å². The van der Waals surface area contributed by atoms with Crippen molar-refractivity contribution in [2.75, 3.05) is 0 Å². The minimum absolute atomic E-state index is 0.0574. The molecule has 2 aromatic rings. The number of aromatic amines is 1. The number of hydrogen-bond donors (Lipinski definition) is 1. The Morgan fingerprint density at radius 2 is 2.38 bits per heavy atom. The van der Waals surface area contributed by atoms with E-state index in [-0.39, 0.29) is 5.56 Å². The smallest absolute Gasteiger partial charge is 0.253 e. The molecule has 2 aromatic heterocycles. The lowest BCUT2D eigenvalue weighted by molar-refractivity contribution is 0.681. The molecule has 66 valence electrons. The highest BCUT2D eigenvalue weighted by molar-refractivity contribution is 5.09. The van der Waals surface area contributed by atoms with E-state index in [1.54, 1.807) is 29.2 Å². The van der Waals surface area contributed by atoms with Crippen molar-refractivity contribution in [2.24, 2.45) is 0 Å². The average molecular weight is 175 g/mol. The number of hydrogen-bond acceptors (Lipinski definition) is 2. The number of nitrogens with zero attached hydrogens (tertiary/aromatic N) is 2. The molecule has 0 saturated carbocycles. The van der Waals surface area contributed by atoms with Crippen LogP contribution in [-0.2, 0) is 6.54 Å². The van der Waals surface area contributed by atoms with Gasteiger partial charge < -0.3 is 4.98 Å². The zero-order valence-electron chi connectivity index (χ0n) is 6.97. The van der Waals surface area contributed by atoms with Gasteiger partial charge in [-0.25, -0.2) is 0 Å². The molecule has 0 aliphatic heterocycles. The number of pyridine rings is 1. The van der Waals surface area contributed by atoms with Crippen molar-refractivity contribution in [1.29, 1.82) is 0 Å². The fourth-order valence-corrected chi connectivity index (χ4v) is 1.15. The molecule has 0 bridgehead atoms. The van der Waals surface area contributed by atoms with Gasteiger partial charge >= 0.3 is 0 Å². The van der Waals surface area contributed by atoms with E-state index in [0.29, 0.717) is 12.1 Å². The lowest BCUT2D eigenvalue weighted by Gasteiger charge is -1.99. The zero-order chi connectivity index (χ0) is 9.10. The molecule has 0 atom stereocenters. The van der Waals surface area contributed by atoms with Gasteiger partial charge in [-0.05, 0) is 12.1 Å². The lowest BCUT2D eigenvalue weighted by Crippen LogP contribution is -2.14. The summed E-state index contributed by atoms with van der Waals surface area (Å²) in [5, 5.41) is 4.02. The predicted molar refractivity (Wildman–Crippen MR) is 48.4 cm³/mol. The third-order valence-electron chi connectivity index (χ3n) is 1.79. The summed E-state index contributed by atoms with van der Waals surface area (Å²) in [5.74, 6) is 0. The third kappa shape index (κ3) is 1.66. The maximum Gasteiger partial charge on any atom is 0.253 e. The van der Waals surface area contributed by atoms with Crippen molar-refractivity contribution in [3.8, 4) is 0 Å². The molecule has 0 aliphatic carbocycles. The molecule has 0 unspecified atom stereocenters. The molecule has 0 fully saturated rings. The largest absolute Gasteiger partial charge is 0.329 e. The van der Waals surface area contributed by atoms with E-state index in [4.69, 9.17) is 0 Å². The van der Waals surface area contributed by atoms with E-state index in [2.05, 4.69) is 10.1 Å². The summed E-state index contributed by atoms with van der Waals surface area (Å²) < 4.78 is 1.71. The fraction of sp³-hybridized carbons (Fsp3) is 0.111. The van der Waals surface area contributed by atoms with Crippen LogP contribution in [0.15, 0.2) is 41.6 Å². The van der Waals surface area contributed by atoms with Gasteiger partial charge in [0.15, 0.2) is 0 Å². The molecule has 0 radical (unpaired) electrons. The quantitative estimate of drug-likeness (QED) is 0.727. The first-order valence-electron chi connectivity index (χ1n) is 4.00. The Morgan fingerprint density at radius 3 is 3.08 bits per heavy atom. The fourth-order valence-electron chi connectivity index (χ4n) is 1.15. The minimum Gasteiger partial charge on any atom is -0.329 e. The van der Waals surface area contributed by atoms with Crippen LogP contribution in [-0.4, -0.2) is 14.8 Å². The van der Waals surface area contributed by atoms with Crippen molar-refractivity contribution < 1.29 is 0 Å². The minimum atomic E-state index is -0.0574. The SMILES string of the molecule is O=c1[nH]cccc1Cn1cccn1. The molecular formula is C9H9N3O. The highest BCUT2D eigenvalue weighted by atomic mass is 16.1. The summed E-state index contributed by atoms with van der Waals surface area (Å²) in [5.41, 5.74) is 0.657. The number of nitrogens with one attached hydrogen (secondary N) is 1. The topological polar surface area (TPSA) is 50.7 Å². The maximum atomic E-state index is 11.2. The summed E-state index contributed by atoms with van der Waals surface area (Å²) in [6.45, 7) is 0.517. The molecule has 13 heavy (non-hydrogen) atoms. The second-order valence-corrected chi connectivity index (χ2v) is 2.73. The Labute approximate surface area is 74.8 Å². The monoisotopic (exact) mass is 175 g/mol. The number of rotatable bonds is 2. The van der Waals surface area contributed by atoms with Crippen molar-refractivity contribution >= 4 is 0 Å². The van der Waals surface area contributed by atoms with Crippen LogP contribution < -0.4 is 5.56 Å². The molecular weight excluding hydrogens is 166 g/mol. The van der Waals surface area contributed by atoms with Crippen LogP contribution in [0.25, 0.3) is 0 Å². The predicted octanol–water partition coefficient (Wildman–Crippen LogP) is 0.620. The number of aromatic nitrogens is 3. The van der Waals surface area contributed by atoms with Crippen LogP contribution in [0.1, 0.15) is 5.56 Å². The van der Waals surface area contributed by atoms with E-state index in [1.807, 2.05) is 12.3 Å². The Kier molecular flexibility index (Phi) is 1.96. The molecule has 0 aliphatic rings. The summed E-state index contributed by atoms with van der Waals surface area (Å²) in [6.07, 6.45) is 5.14. The van der Waals surface area contributed by atoms with E-state index in [1.165, 1.54) is 0 Å². The number of H-pyrrole nitrogens is 1. The van der Waals surface area contributed by atoms with E-state index in [0.717, 1.165) is 0 Å². The Morgan fingerprint density at radius 1 is 1.46 bits per heavy atom. The normalized spacial score (nSPS) is 10.2.